The summed E-state index contributed by atoms with van der Waals surface area (Å²) in [7, 11) is 1.66. The predicted molar refractivity (Wildman–Crippen MR) is 110 cm³/mol. The molecule has 146 valence electrons. The van der Waals surface area contributed by atoms with Gasteiger partial charge in [-0.05, 0) is 68.0 Å². The lowest BCUT2D eigenvalue weighted by molar-refractivity contribution is -0.129. The van der Waals surface area contributed by atoms with Gasteiger partial charge in [0.25, 0.3) is 5.91 Å². The van der Waals surface area contributed by atoms with Crippen LogP contribution >= 0.6 is 0 Å². The minimum atomic E-state index is -0.515. The van der Waals surface area contributed by atoms with Crippen LogP contribution in [0, 0.1) is 20.8 Å². The second-order valence-corrected chi connectivity index (χ2v) is 6.98. The number of ether oxygens (including phenoxy) is 2. The van der Waals surface area contributed by atoms with Crippen molar-refractivity contribution in [1.29, 1.82) is 0 Å². The van der Waals surface area contributed by atoms with E-state index in [4.69, 9.17) is 9.47 Å². The third kappa shape index (κ3) is 5.25. The van der Waals surface area contributed by atoms with Crippen LogP contribution in [-0.4, -0.2) is 19.1 Å². The Morgan fingerprint density at radius 2 is 1.70 bits per heavy atom. The minimum Gasteiger partial charge on any atom is -0.496 e. The molecule has 27 heavy (non-hydrogen) atoms. The quantitative estimate of drug-likeness (QED) is 0.709. The van der Waals surface area contributed by atoms with Gasteiger partial charge in [-0.1, -0.05) is 38.1 Å². The van der Waals surface area contributed by atoms with Gasteiger partial charge in [0.2, 0.25) is 0 Å². The van der Waals surface area contributed by atoms with Crippen LogP contribution in [0.1, 0.15) is 55.0 Å². The highest BCUT2D eigenvalue weighted by molar-refractivity contribution is 5.81. The summed E-state index contributed by atoms with van der Waals surface area (Å²) >= 11 is 0. The summed E-state index contributed by atoms with van der Waals surface area (Å²) < 4.78 is 11.4. The van der Waals surface area contributed by atoms with Crippen molar-refractivity contribution in [2.45, 2.75) is 59.6 Å². The molecule has 1 amide bonds. The molecular weight excluding hydrogens is 338 g/mol. The van der Waals surface area contributed by atoms with Gasteiger partial charge in [-0.2, -0.15) is 0 Å². The highest BCUT2D eigenvalue weighted by Gasteiger charge is 2.23. The Balaban J connectivity index is 2.14. The number of amides is 1. The van der Waals surface area contributed by atoms with E-state index >= 15 is 0 Å². The Morgan fingerprint density at radius 3 is 2.30 bits per heavy atom. The Labute approximate surface area is 162 Å². The molecule has 0 aliphatic heterocycles. The smallest absolute Gasteiger partial charge is 0.261 e. The fourth-order valence-electron chi connectivity index (χ4n) is 3.11. The second kappa shape index (κ2) is 9.45. The molecule has 0 saturated heterocycles. The topological polar surface area (TPSA) is 47.6 Å². The number of aryl methyl sites for hydroxylation is 3. The Kier molecular flexibility index (Phi) is 7.28. The number of carbonyl (C=O) groups excluding carboxylic acids is 1. The van der Waals surface area contributed by atoms with Crippen LogP contribution in [0.25, 0.3) is 0 Å². The average Bonchev–Trinajstić information content (AvgIpc) is 2.66. The van der Waals surface area contributed by atoms with Crippen molar-refractivity contribution in [3.8, 4) is 11.5 Å². The van der Waals surface area contributed by atoms with Gasteiger partial charge in [-0.3, -0.25) is 4.79 Å². The van der Waals surface area contributed by atoms with E-state index in [1.165, 1.54) is 0 Å². The lowest BCUT2D eigenvalue weighted by Crippen LogP contribution is -2.40. The van der Waals surface area contributed by atoms with Gasteiger partial charge in [-0.15, -0.1) is 0 Å². The summed E-state index contributed by atoms with van der Waals surface area (Å²) in [6.45, 7) is 10.1. The van der Waals surface area contributed by atoms with Gasteiger partial charge >= 0.3 is 0 Å². The number of benzene rings is 2. The van der Waals surface area contributed by atoms with Crippen LogP contribution in [0.4, 0.5) is 0 Å². The Morgan fingerprint density at radius 1 is 0.963 bits per heavy atom. The van der Waals surface area contributed by atoms with Crippen molar-refractivity contribution in [2.24, 2.45) is 0 Å². The average molecular weight is 370 g/mol. The van der Waals surface area contributed by atoms with E-state index in [2.05, 4.69) is 18.3 Å². The van der Waals surface area contributed by atoms with E-state index in [-0.39, 0.29) is 11.9 Å². The van der Waals surface area contributed by atoms with Gasteiger partial charge in [0.1, 0.15) is 11.5 Å². The number of carbonyl (C=O) groups is 1. The van der Waals surface area contributed by atoms with Gasteiger partial charge in [-0.25, -0.2) is 0 Å². The molecule has 0 aliphatic carbocycles. The molecule has 0 heterocycles. The van der Waals surface area contributed by atoms with E-state index in [0.29, 0.717) is 6.42 Å². The summed E-state index contributed by atoms with van der Waals surface area (Å²) in [5, 5.41) is 3.15. The first kappa shape index (κ1) is 20.8. The third-order valence-corrected chi connectivity index (χ3v) is 4.82. The molecule has 0 bridgehead atoms. The first-order valence-corrected chi connectivity index (χ1v) is 9.58. The number of methoxy groups -OCH3 is 1. The normalized spacial score (nSPS) is 13.0. The van der Waals surface area contributed by atoms with Crippen molar-refractivity contribution in [2.75, 3.05) is 7.11 Å². The van der Waals surface area contributed by atoms with Crippen LogP contribution in [0.15, 0.2) is 36.4 Å². The minimum absolute atomic E-state index is 0.0571. The second-order valence-electron chi connectivity index (χ2n) is 6.98. The molecule has 0 fully saturated rings. The van der Waals surface area contributed by atoms with Gasteiger partial charge in [0, 0.05) is 0 Å². The molecule has 0 unspecified atom stereocenters. The lowest BCUT2D eigenvalue weighted by atomic mass is 10.0. The summed E-state index contributed by atoms with van der Waals surface area (Å²) in [5.74, 6) is 1.54. The van der Waals surface area contributed by atoms with E-state index in [1.807, 2.05) is 58.0 Å². The summed E-state index contributed by atoms with van der Waals surface area (Å²) in [5.41, 5.74) is 4.28. The zero-order valence-corrected chi connectivity index (χ0v) is 17.3. The standard InChI is InChI=1S/C23H31NO3/c1-7-19(18-11-12-21(26-6)17(5)14-18)24-23(25)20(8-2)27-22-13-15(3)9-10-16(22)4/h9-14,19-20H,7-8H2,1-6H3,(H,24,25)/t19-,20-/m0/s1. The molecule has 0 radical (unpaired) electrons. The number of hydrogen-bond acceptors (Lipinski definition) is 3. The monoisotopic (exact) mass is 369 g/mol. The van der Waals surface area contributed by atoms with Crippen LogP contribution < -0.4 is 14.8 Å². The third-order valence-electron chi connectivity index (χ3n) is 4.82. The summed E-state index contributed by atoms with van der Waals surface area (Å²) in [4.78, 5) is 12.9. The largest absolute Gasteiger partial charge is 0.496 e. The molecule has 2 rings (SSSR count). The Hall–Kier alpha value is -2.49. The van der Waals surface area contributed by atoms with E-state index in [1.54, 1.807) is 7.11 Å². The molecule has 4 heteroatoms. The number of hydrogen-bond donors (Lipinski definition) is 1. The molecule has 4 nitrogen and oxygen atoms in total. The predicted octanol–water partition coefficient (Wildman–Crippen LogP) is 5.05. The molecule has 0 saturated carbocycles. The zero-order chi connectivity index (χ0) is 20.0. The highest BCUT2D eigenvalue weighted by Crippen LogP contribution is 2.25. The van der Waals surface area contributed by atoms with Crippen molar-refractivity contribution in [3.63, 3.8) is 0 Å². The maximum absolute atomic E-state index is 12.9. The lowest BCUT2D eigenvalue weighted by Gasteiger charge is -2.23. The molecule has 2 aromatic rings. The van der Waals surface area contributed by atoms with Crippen LogP contribution in [0.2, 0.25) is 0 Å². The molecule has 0 aliphatic rings. The van der Waals surface area contributed by atoms with E-state index < -0.39 is 6.10 Å². The van der Waals surface area contributed by atoms with Crippen molar-refractivity contribution >= 4 is 5.91 Å². The fourth-order valence-corrected chi connectivity index (χ4v) is 3.11. The molecule has 0 spiro atoms. The van der Waals surface area contributed by atoms with Crippen LogP contribution in [0.3, 0.4) is 0 Å². The van der Waals surface area contributed by atoms with Crippen molar-refractivity contribution < 1.29 is 14.3 Å². The van der Waals surface area contributed by atoms with Gasteiger partial charge < -0.3 is 14.8 Å². The molecule has 2 aromatic carbocycles. The van der Waals surface area contributed by atoms with Crippen molar-refractivity contribution in [1.82, 2.24) is 5.32 Å². The zero-order valence-electron chi connectivity index (χ0n) is 17.3. The van der Waals surface area contributed by atoms with Crippen LogP contribution in [-0.2, 0) is 4.79 Å². The molecule has 2 atom stereocenters. The Bertz CT molecular complexity index is 785. The fraction of sp³-hybridized carbons (Fsp3) is 0.435. The number of nitrogens with one attached hydrogen (secondary N) is 1. The van der Waals surface area contributed by atoms with E-state index in [0.717, 1.165) is 40.2 Å². The summed E-state index contributed by atoms with van der Waals surface area (Å²) in [6.07, 6.45) is 0.897. The van der Waals surface area contributed by atoms with Gasteiger partial charge in [0.05, 0.1) is 13.2 Å². The first-order chi connectivity index (χ1) is 12.9. The molecular formula is C23H31NO3. The van der Waals surface area contributed by atoms with Crippen molar-refractivity contribution in [3.05, 3.63) is 58.7 Å². The van der Waals surface area contributed by atoms with E-state index in [9.17, 15) is 4.79 Å². The number of rotatable bonds is 8. The van der Waals surface area contributed by atoms with Gasteiger partial charge in [0.15, 0.2) is 6.10 Å². The SMILES string of the molecule is CC[C@H](Oc1cc(C)ccc1C)C(=O)N[C@@H](CC)c1ccc(OC)c(C)c1. The first-order valence-electron chi connectivity index (χ1n) is 9.58. The molecule has 1 N–H and O–H groups in total. The van der Waals surface area contributed by atoms with Crippen LogP contribution in [0.5, 0.6) is 11.5 Å². The molecule has 0 aromatic heterocycles. The highest BCUT2D eigenvalue weighted by atomic mass is 16.5. The maximum Gasteiger partial charge on any atom is 0.261 e. The maximum atomic E-state index is 12.9. The summed E-state index contributed by atoms with van der Waals surface area (Å²) in [6, 6.07) is 12.0.